The molecule has 4 fully saturated rings. The first-order valence-corrected chi connectivity index (χ1v) is 11.8. The van der Waals surface area contributed by atoms with Gasteiger partial charge in [-0.05, 0) is 104 Å². The molecule has 4 rings (SSSR count). The first kappa shape index (κ1) is 20.6. The molecule has 0 amide bonds. The van der Waals surface area contributed by atoms with Crippen molar-refractivity contribution in [2.24, 2.45) is 46.3 Å². The van der Waals surface area contributed by atoms with Crippen molar-refractivity contribution in [1.82, 2.24) is 0 Å². The molecule has 28 heavy (non-hydrogen) atoms. The van der Waals surface area contributed by atoms with E-state index in [9.17, 15) is 15.0 Å². The number of hydrogen-bond donors (Lipinski definition) is 2. The van der Waals surface area contributed by atoms with Crippen molar-refractivity contribution in [2.45, 2.75) is 85.2 Å². The monoisotopic (exact) mass is 388 g/mol. The first-order valence-electron chi connectivity index (χ1n) is 11.8. The number of aliphatic hydroxyl groups is 2. The Morgan fingerprint density at radius 2 is 1.79 bits per heavy atom. The van der Waals surface area contributed by atoms with Crippen LogP contribution >= 0.6 is 0 Å². The maximum absolute atomic E-state index is 13.8. The van der Waals surface area contributed by atoms with Crippen LogP contribution in [0.5, 0.6) is 0 Å². The van der Waals surface area contributed by atoms with Gasteiger partial charge in [-0.25, -0.2) is 0 Å². The molecule has 2 N–H and O–H groups in total. The quantitative estimate of drug-likeness (QED) is 0.685. The van der Waals surface area contributed by atoms with Crippen molar-refractivity contribution in [3.8, 4) is 0 Å². The second-order valence-corrected chi connectivity index (χ2v) is 11.1. The summed E-state index contributed by atoms with van der Waals surface area (Å²) in [4.78, 5) is 13.8. The van der Waals surface area contributed by atoms with Gasteiger partial charge in [0.15, 0.2) is 5.78 Å². The fraction of sp³-hybridized carbons (Fsp3) is 0.880. The van der Waals surface area contributed by atoms with Crippen LogP contribution < -0.4 is 0 Å². The Morgan fingerprint density at radius 1 is 1.11 bits per heavy atom. The van der Waals surface area contributed by atoms with Crippen LogP contribution in [0.15, 0.2) is 11.6 Å². The highest BCUT2D eigenvalue weighted by Gasteiger charge is 2.64. The molecule has 0 aromatic carbocycles. The topological polar surface area (TPSA) is 57.5 Å². The van der Waals surface area contributed by atoms with Crippen LogP contribution in [0.25, 0.3) is 0 Å². The number of carbonyl (C=O) groups is 1. The highest BCUT2D eigenvalue weighted by Crippen LogP contribution is 2.68. The maximum atomic E-state index is 13.8. The van der Waals surface area contributed by atoms with Crippen molar-refractivity contribution >= 4 is 5.78 Å². The van der Waals surface area contributed by atoms with E-state index in [1.165, 1.54) is 19.3 Å². The zero-order chi connectivity index (χ0) is 20.3. The smallest absolute Gasteiger partial charge is 0.162 e. The predicted molar refractivity (Wildman–Crippen MR) is 112 cm³/mol. The van der Waals surface area contributed by atoms with E-state index >= 15 is 0 Å². The van der Waals surface area contributed by atoms with Crippen molar-refractivity contribution in [2.75, 3.05) is 6.61 Å². The van der Waals surface area contributed by atoms with Crippen LogP contribution in [0.1, 0.15) is 79.1 Å². The minimum Gasteiger partial charge on any atom is -0.396 e. The molecule has 0 aromatic rings. The largest absolute Gasteiger partial charge is 0.396 e. The van der Waals surface area contributed by atoms with Gasteiger partial charge in [0.25, 0.3) is 0 Å². The van der Waals surface area contributed by atoms with Crippen LogP contribution in [0.3, 0.4) is 0 Å². The summed E-state index contributed by atoms with van der Waals surface area (Å²) in [6, 6.07) is 0. The molecule has 0 saturated heterocycles. The van der Waals surface area contributed by atoms with E-state index in [0.717, 1.165) is 37.7 Å². The average molecular weight is 389 g/mol. The molecule has 4 aliphatic rings. The summed E-state index contributed by atoms with van der Waals surface area (Å²) in [6.07, 6.45) is 10.2. The molecule has 158 valence electrons. The Hall–Kier alpha value is -0.670. The third-order valence-corrected chi connectivity index (χ3v) is 10.1. The number of fused-ring (bicyclic) bond motifs is 5. The molecule has 4 aliphatic carbocycles. The lowest BCUT2D eigenvalue weighted by molar-refractivity contribution is -0.150. The summed E-state index contributed by atoms with van der Waals surface area (Å²) in [6.45, 7) is 9.49. The van der Waals surface area contributed by atoms with Crippen molar-refractivity contribution in [3.05, 3.63) is 11.6 Å². The average Bonchev–Trinajstić information content (AvgIpc) is 3.01. The van der Waals surface area contributed by atoms with E-state index in [1.54, 1.807) is 0 Å². The van der Waals surface area contributed by atoms with Crippen LogP contribution in [0.4, 0.5) is 0 Å². The number of hydrogen-bond acceptors (Lipinski definition) is 3. The molecule has 3 nitrogen and oxygen atoms in total. The fourth-order valence-corrected chi connectivity index (χ4v) is 8.57. The van der Waals surface area contributed by atoms with Crippen LogP contribution in [-0.2, 0) is 4.79 Å². The Balaban J connectivity index is 1.70. The Kier molecular flexibility index (Phi) is 5.32. The summed E-state index contributed by atoms with van der Waals surface area (Å²) in [5.74, 6) is 2.96. The number of aliphatic hydroxyl groups excluding tert-OH is 2. The van der Waals surface area contributed by atoms with E-state index in [-0.39, 0.29) is 35.4 Å². The van der Waals surface area contributed by atoms with Gasteiger partial charge in [-0.3, -0.25) is 4.79 Å². The highest BCUT2D eigenvalue weighted by atomic mass is 16.3. The number of rotatable bonds is 3. The number of allylic oxidation sites excluding steroid dienone is 2. The van der Waals surface area contributed by atoms with Crippen molar-refractivity contribution in [1.29, 1.82) is 0 Å². The van der Waals surface area contributed by atoms with Gasteiger partial charge < -0.3 is 10.2 Å². The molecule has 4 unspecified atom stereocenters. The van der Waals surface area contributed by atoms with E-state index in [2.05, 4.69) is 26.8 Å². The zero-order valence-electron chi connectivity index (χ0n) is 18.3. The first-order chi connectivity index (χ1) is 13.3. The summed E-state index contributed by atoms with van der Waals surface area (Å²) >= 11 is 0. The minimum absolute atomic E-state index is 0.162. The lowest BCUT2D eigenvalue weighted by Crippen LogP contribution is -2.58. The number of ketones is 1. The summed E-state index contributed by atoms with van der Waals surface area (Å²) < 4.78 is 0. The number of Topliss-reactive ketones (excluding diaryl/α,β-unsaturated/α-hetero) is 1. The summed E-state index contributed by atoms with van der Waals surface area (Å²) in [5, 5.41) is 19.8. The maximum Gasteiger partial charge on any atom is 0.162 e. The molecule has 0 spiro atoms. The molecule has 0 radical (unpaired) electrons. The fourth-order valence-electron chi connectivity index (χ4n) is 8.57. The van der Waals surface area contributed by atoms with Crippen LogP contribution in [-0.4, -0.2) is 28.7 Å². The predicted octanol–water partition coefficient (Wildman–Crippen LogP) is 4.76. The molecule has 0 aromatic heterocycles. The second kappa shape index (κ2) is 7.23. The van der Waals surface area contributed by atoms with Gasteiger partial charge in [0.2, 0.25) is 0 Å². The van der Waals surface area contributed by atoms with Gasteiger partial charge in [0.1, 0.15) is 0 Å². The standard InChI is InChI=1S/C25H40O3/c1-5-17-21-14-16(27)8-11-25(21,4)20-9-12-24(3)18(15(2)10-13-26)6-7-19(24)22(20)23(17)28/h5,15-16,18-22,26-27H,6-14H2,1-4H3/b17-5-/t15-,16-,18-,19?,20?,21?,22?,24-,25-/m1/s1. The molecule has 0 bridgehead atoms. The molecular weight excluding hydrogens is 348 g/mol. The molecule has 0 heterocycles. The Labute approximate surface area is 171 Å². The second-order valence-electron chi connectivity index (χ2n) is 11.1. The SMILES string of the molecule is C/C=C1\C(=O)C2C(CC[C@@]3(C)C2CC[C@@H]3[C@H](C)CCO)[C@@]2(C)CC[C@@H](O)CC12. The molecule has 9 atom stereocenters. The third-order valence-electron chi connectivity index (χ3n) is 10.1. The summed E-state index contributed by atoms with van der Waals surface area (Å²) in [7, 11) is 0. The van der Waals surface area contributed by atoms with E-state index in [4.69, 9.17) is 0 Å². The van der Waals surface area contributed by atoms with Gasteiger partial charge in [0, 0.05) is 12.5 Å². The van der Waals surface area contributed by atoms with E-state index in [1.807, 2.05) is 6.92 Å². The van der Waals surface area contributed by atoms with E-state index in [0.29, 0.717) is 29.5 Å². The summed E-state index contributed by atoms with van der Waals surface area (Å²) in [5.41, 5.74) is 1.43. The van der Waals surface area contributed by atoms with Crippen molar-refractivity contribution < 1.29 is 15.0 Å². The Bertz CT molecular complexity index is 654. The molecule has 0 aliphatic heterocycles. The zero-order valence-corrected chi connectivity index (χ0v) is 18.3. The normalized spacial score (nSPS) is 50.8. The highest BCUT2D eigenvalue weighted by molar-refractivity contribution is 5.99. The van der Waals surface area contributed by atoms with Crippen molar-refractivity contribution in [3.63, 3.8) is 0 Å². The lowest BCUT2D eigenvalue weighted by Gasteiger charge is -2.61. The number of carbonyl (C=O) groups excluding carboxylic acids is 1. The van der Waals surface area contributed by atoms with Gasteiger partial charge in [0.05, 0.1) is 6.10 Å². The van der Waals surface area contributed by atoms with Gasteiger partial charge in [-0.15, -0.1) is 0 Å². The minimum atomic E-state index is -0.249. The van der Waals surface area contributed by atoms with Crippen LogP contribution in [0.2, 0.25) is 0 Å². The molecular formula is C25H40O3. The Morgan fingerprint density at radius 3 is 2.46 bits per heavy atom. The van der Waals surface area contributed by atoms with Crippen LogP contribution in [0, 0.1) is 46.3 Å². The van der Waals surface area contributed by atoms with Gasteiger partial charge in [-0.2, -0.15) is 0 Å². The van der Waals surface area contributed by atoms with Gasteiger partial charge in [-0.1, -0.05) is 26.8 Å². The lowest BCUT2D eigenvalue weighted by atomic mass is 9.43. The van der Waals surface area contributed by atoms with Gasteiger partial charge >= 0.3 is 0 Å². The molecule has 3 heteroatoms. The van der Waals surface area contributed by atoms with E-state index < -0.39 is 0 Å². The third kappa shape index (κ3) is 2.79. The molecule has 4 saturated carbocycles.